The number of aryl methyl sites for hydroxylation is 1. The highest BCUT2D eigenvalue weighted by Crippen LogP contribution is 2.53. The Labute approximate surface area is 204 Å². The number of carbonyl (C=O) groups excluding carboxylic acids is 3. The van der Waals surface area contributed by atoms with Crippen LogP contribution in [-0.4, -0.2) is 35.2 Å². The van der Waals surface area contributed by atoms with Crippen molar-refractivity contribution in [1.82, 2.24) is 10.2 Å². The minimum absolute atomic E-state index is 0.185. The summed E-state index contributed by atoms with van der Waals surface area (Å²) in [5.41, 5.74) is 3.33. The van der Waals surface area contributed by atoms with Gasteiger partial charge in [0.1, 0.15) is 5.54 Å². The summed E-state index contributed by atoms with van der Waals surface area (Å²) < 4.78 is 0. The first-order valence-corrected chi connectivity index (χ1v) is 12.1. The Hall–Kier alpha value is -3.77. The third kappa shape index (κ3) is 3.24. The minimum atomic E-state index is -1.25. The van der Waals surface area contributed by atoms with Crippen LogP contribution >= 0.6 is 0 Å². The van der Waals surface area contributed by atoms with Gasteiger partial charge in [-0.05, 0) is 36.5 Å². The number of para-hydroxylation sites is 1. The average molecular weight is 466 g/mol. The fourth-order valence-electron chi connectivity index (χ4n) is 6.18. The van der Waals surface area contributed by atoms with Crippen LogP contribution in [0.3, 0.4) is 0 Å². The van der Waals surface area contributed by atoms with Crippen LogP contribution in [0.2, 0.25) is 0 Å². The van der Waals surface area contributed by atoms with E-state index in [2.05, 4.69) is 10.6 Å². The second kappa shape index (κ2) is 8.17. The molecule has 0 unspecified atom stereocenters. The van der Waals surface area contributed by atoms with Gasteiger partial charge in [0, 0.05) is 23.8 Å². The van der Waals surface area contributed by atoms with Gasteiger partial charge in [-0.15, -0.1) is 0 Å². The molecule has 3 amide bonds. The number of nitrogens with one attached hydrogen (secondary N) is 2. The monoisotopic (exact) mass is 465 g/mol. The van der Waals surface area contributed by atoms with Gasteiger partial charge in [-0.2, -0.15) is 0 Å². The van der Waals surface area contributed by atoms with Crippen LogP contribution < -0.4 is 10.6 Å². The molecule has 2 N–H and O–H groups in total. The van der Waals surface area contributed by atoms with Crippen LogP contribution in [0.4, 0.5) is 5.69 Å². The summed E-state index contributed by atoms with van der Waals surface area (Å²) in [7, 11) is 0. The molecule has 3 heterocycles. The molecule has 4 atom stereocenters. The maximum absolute atomic E-state index is 13.9. The fourth-order valence-corrected chi connectivity index (χ4v) is 6.18. The molecule has 0 aliphatic carbocycles. The Balaban J connectivity index is 1.41. The second-order valence-corrected chi connectivity index (χ2v) is 9.77. The maximum atomic E-state index is 13.9. The number of anilines is 1. The first-order valence-electron chi connectivity index (χ1n) is 12.1. The molecule has 3 aliphatic rings. The number of rotatable bonds is 5. The van der Waals surface area contributed by atoms with Crippen molar-refractivity contribution in [3.63, 3.8) is 0 Å². The summed E-state index contributed by atoms with van der Waals surface area (Å²) in [5, 5.41) is 6.54. The lowest BCUT2D eigenvalue weighted by atomic mass is 9.76. The number of nitrogens with zero attached hydrogens (tertiary/aromatic N) is 1. The third-order valence-corrected chi connectivity index (χ3v) is 7.82. The molecule has 3 aromatic carbocycles. The molecule has 6 heteroatoms. The van der Waals surface area contributed by atoms with Crippen molar-refractivity contribution in [2.24, 2.45) is 11.8 Å². The molecule has 3 aliphatic heterocycles. The van der Waals surface area contributed by atoms with E-state index >= 15 is 0 Å². The smallest absolute Gasteiger partial charge is 0.250 e. The Morgan fingerprint density at radius 1 is 0.829 bits per heavy atom. The van der Waals surface area contributed by atoms with E-state index in [1.165, 1.54) is 4.90 Å². The second-order valence-electron chi connectivity index (χ2n) is 9.77. The van der Waals surface area contributed by atoms with Crippen LogP contribution in [0, 0.1) is 18.8 Å². The zero-order valence-corrected chi connectivity index (χ0v) is 19.5. The molecule has 35 heavy (non-hydrogen) atoms. The first-order chi connectivity index (χ1) is 17.0. The third-order valence-electron chi connectivity index (χ3n) is 7.82. The minimum Gasteiger partial charge on any atom is -0.324 e. The molecule has 2 fully saturated rings. The summed E-state index contributed by atoms with van der Waals surface area (Å²) in [4.78, 5) is 42.7. The Morgan fingerprint density at radius 2 is 1.51 bits per heavy atom. The standard InChI is InChI=1S/C29H27N3O3/c1-18-9-8-14-21-25(18)30-28(35)29(21)24-23(22(31-29)17-20-12-6-3-7-13-20)26(33)32(27(24)34)16-15-19-10-4-2-5-11-19/h2-14,22-24,31H,15-17H2,1H3,(H,30,35)/t22-,23+,24-,29-/m0/s1. The lowest BCUT2D eigenvalue weighted by molar-refractivity contribution is -0.142. The zero-order chi connectivity index (χ0) is 24.2. The number of likely N-dealkylation sites (tertiary alicyclic amines) is 1. The molecular formula is C29H27N3O3. The highest BCUT2D eigenvalue weighted by molar-refractivity contribution is 6.15. The van der Waals surface area contributed by atoms with Gasteiger partial charge in [-0.3, -0.25) is 24.6 Å². The normalized spacial score (nSPS) is 26.8. The van der Waals surface area contributed by atoms with E-state index in [0.29, 0.717) is 19.4 Å². The molecule has 0 radical (unpaired) electrons. The molecule has 6 nitrogen and oxygen atoms in total. The zero-order valence-electron chi connectivity index (χ0n) is 19.5. The fraction of sp³-hybridized carbons (Fsp3) is 0.276. The lowest BCUT2D eigenvalue weighted by Crippen LogP contribution is -2.53. The van der Waals surface area contributed by atoms with E-state index in [4.69, 9.17) is 0 Å². The molecule has 2 saturated heterocycles. The van der Waals surface area contributed by atoms with Crippen molar-refractivity contribution in [2.45, 2.75) is 31.3 Å². The van der Waals surface area contributed by atoms with Crippen molar-refractivity contribution >= 4 is 23.4 Å². The van der Waals surface area contributed by atoms with Crippen LogP contribution in [0.15, 0.2) is 78.9 Å². The number of benzene rings is 3. The quantitative estimate of drug-likeness (QED) is 0.568. The highest BCUT2D eigenvalue weighted by Gasteiger charge is 2.70. The van der Waals surface area contributed by atoms with Crippen LogP contribution in [-0.2, 0) is 32.8 Å². The molecular weight excluding hydrogens is 438 g/mol. The van der Waals surface area contributed by atoms with Gasteiger partial charge in [-0.25, -0.2) is 0 Å². The number of hydrogen-bond acceptors (Lipinski definition) is 4. The summed E-state index contributed by atoms with van der Waals surface area (Å²) >= 11 is 0. The summed E-state index contributed by atoms with van der Waals surface area (Å²) in [6.07, 6.45) is 1.15. The van der Waals surface area contributed by atoms with Crippen LogP contribution in [0.5, 0.6) is 0 Å². The molecule has 0 aromatic heterocycles. The SMILES string of the molecule is Cc1cccc2c1NC(=O)[C@]21N[C@@H](Cc2ccccc2)[C@H]2C(=O)N(CCc3ccccc3)C(=O)[C@H]21. The Kier molecular flexibility index (Phi) is 5.07. The van der Waals surface area contributed by atoms with Gasteiger partial charge in [0.2, 0.25) is 17.7 Å². The topological polar surface area (TPSA) is 78.5 Å². The van der Waals surface area contributed by atoms with E-state index in [1.807, 2.05) is 85.8 Å². The van der Waals surface area contributed by atoms with Crippen molar-refractivity contribution in [1.29, 1.82) is 0 Å². The van der Waals surface area contributed by atoms with Crippen LogP contribution in [0.1, 0.15) is 22.3 Å². The predicted octanol–water partition coefficient (Wildman–Crippen LogP) is 3.20. The molecule has 3 aromatic rings. The Bertz CT molecular complexity index is 1320. The van der Waals surface area contributed by atoms with Crippen LogP contribution in [0.25, 0.3) is 0 Å². The van der Waals surface area contributed by atoms with Gasteiger partial charge in [0.05, 0.1) is 11.8 Å². The van der Waals surface area contributed by atoms with E-state index in [1.54, 1.807) is 0 Å². The van der Waals surface area contributed by atoms with E-state index in [9.17, 15) is 14.4 Å². The van der Waals surface area contributed by atoms with Crippen molar-refractivity contribution in [3.05, 3.63) is 101 Å². The van der Waals surface area contributed by atoms with Gasteiger partial charge in [0.15, 0.2) is 0 Å². The average Bonchev–Trinajstić information content (AvgIpc) is 3.45. The largest absolute Gasteiger partial charge is 0.324 e. The van der Waals surface area contributed by atoms with Crippen molar-refractivity contribution in [3.8, 4) is 0 Å². The Morgan fingerprint density at radius 3 is 2.23 bits per heavy atom. The van der Waals surface area contributed by atoms with E-state index in [-0.39, 0.29) is 23.8 Å². The number of fused-ring (bicyclic) bond motifs is 4. The number of hydrogen-bond donors (Lipinski definition) is 2. The van der Waals surface area contributed by atoms with Gasteiger partial charge >= 0.3 is 0 Å². The number of imide groups is 1. The number of amides is 3. The predicted molar refractivity (Wildman–Crippen MR) is 132 cm³/mol. The highest BCUT2D eigenvalue weighted by atomic mass is 16.2. The first kappa shape index (κ1) is 21.7. The summed E-state index contributed by atoms with van der Waals surface area (Å²) in [5.74, 6) is -2.07. The summed E-state index contributed by atoms with van der Waals surface area (Å²) in [6, 6.07) is 25.2. The lowest BCUT2D eigenvalue weighted by Gasteiger charge is -2.29. The molecule has 176 valence electrons. The molecule has 6 rings (SSSR count). The van der Waals surface area contributed by atoms with Gasteiger partial charge in [0.25, 0.3) is 0 Å². The molecule has 0 saturated carbocycles. The number of carbonyl (C=O) groups is 3. The van der Waals surface area contributed by atoms with E-state index in [0.717, 1.165) is 27.9 Å². The maximum Gasteiger partial charge on any atom is 0.250 e. The van der Waals surface area contributed by atoms with Gasteiger partial charge in [-0.1, -0.05) is 78.9 Å². The molecule has 1 spiro atoms. The van der Waals surface area contributed by atoms with Crippen molar-refractivity contribution < 1.29 is 14.4 Å². The summed E-state index contributed by atoms with van der Waals surface area (Å²) in [6.45, 7) is 2.25. The molecule has 0 bridgehead atoms. The van der Waals surface area contributed by atoms with Crippen molar-refractivity contribution in [2.75, 3.05) is 11.9 Å². The van der Waals surface area contributed by atoms with Gasteiger partial charge < -0.3 is 5.32 Å². The van der Waals surface area contributed by atoms with E-state index < -0.39 is 17.4 Å².